The Hall–Kier alpha value is -2.09. The molecule has 23 heavy (non-hydrogen) atoms. The van der Waals surface area contributed by atoms with Gasteiger partial charge in [-0.15, -0.1) is 0 Å². The Kier molecular flexibility index (Phi) is 4.65. The Balaban J connectivity index is 2.30. The summed E-state index contributed by atoms with van der Waals surface area (Å²) in [6.45, 7) is 1.58. The molecule has 0 radical (unpaired) electrons. The first-order chi connectivity index (χ1) is 10.7. The largest absolute Gasteiger partial charge is 0.417 e. The van der Waals surface area contributed by atoms with Crippen molar-refractivity contribution in [3.8, 4) is 0 Å². The van der Waals surface area contributed by atoms with Crippen molar-refractivity contribution in [1.29, 1.82) is 0 Å². The smallest absolute Gasteiger partial charge is 0.362 e. The lowest BCUT2D eigenvalue weighted by Crippen LogP contribution is -2.59. The molecule has 0 saturated carbocycles. The highest BCUT2D eigenvalue weighted by atomic mass is 19.4. The monoisotopic (exact) mass is 330 g/mol. The highest BCUT2D eigenvalue weighted by Crippen LogP contribution is 2.33. The van der Waals surface area contributed by atoms with E-state index >= 15 is 0 Å². The minimum Gasteiger partial charge on any atom is -0.362 e. The summed E-state index contributed by atoms with van der Waals surface area (Å²) in [5.74, 6) is -1.20. The number of rotatable bonds is 2. The molecule has 1 N–H and O–H groups in total. The van der Waals surface area contributed by atoms with Crippen molar-refractivity contribution in [2.45, 2.75) is 18.7 Å². The van der Waals surface area contributed by atoms with Crippen LogP contribution in [0.2, 0.25) is 0 Å². The minimum atomic E-state index is -4.62. The number of nitrogens with zero attached hydrogens (tertiary/aromatic N) is 1. The van der Waals surface area contributed by atoms with Crippen LogP contribution in [-0.2, 0) is 15.7 Å². The van der Waals surface area contributed by atoms with E-state index in [0.717, 1.165) is 12.1 Å². The second kappa shape index (κ2) is 6.19. The van der Waals surface area contributed by atoms with Gasteiger partial charge in [-0.05, 0) is 19.1 Å². The Morgan fingerprint density at radius 2 is 1.96 bits per heavy atom. The van der Waals surface area contributed by atoms with Crippen LogP contribution in [0.15, 0.2) is 24.3 Å². The molecule has 5 nitrogen and oxygen atoms in total. The normalized spacial score (nSPS) is 21.9. The van der Waals surface area contributed by atoms with Crippen LogP contribution >= 0.6 is 0 Å². The van der Waals surface area contributed by atoms with E-state index in [9.17, 15) is 22.8 Å². The number of hydrogen-bond acceptors (Lipinski definition) is 3. The van der Waals surface area contributed by atoms with Gasteiger partial charge in [0.05, 0.1) is 24.3 Å². The van der Waals surface area contributed by atoms with E-state index in [2.05, 4.69) is 5.32 Å². The molecule has 2 rings (SSSR count). The number of amides is 2. The Bertz CT molecular complexity index is 618. The average molecular weight is 330 g/mol. The average Bonchev–Trinajstić information content (AvgIpc) is 2.52. The van der Waals surface area contributed by atoms with Gasteiger partial charge in [0.25, 0.3) is 11.8 Å². The van der Waals surface area contributed by atoms with Crippen molar-refractivity contribution in [3.63, 3.8) is 0 Å². The molecule has 1 aromatic rings. The van der Waals surface area contributed by atoms with Crippen molar-refractivity contribution in [1.82, 2.24) is 10.2 Å². The summed E-state index contributed by atoms with van der Waals surface area (Å²) in [4.78, 5) is 25.6. The molecule has 2 amide bonds. The Morgan fingerprint density at radius 3 is 2.57 bits per heavy atom. The van der Waals surface area contributed by atoms with Crippen LogP contribution in [0.4, 0.5) is 13.2 Å². The first-order valence-electron chi connectivity index (χ1n) is 7.00. The Labute approximate surface area is 131 Å². The molecule has 0 aromatic heterocycles. The van der Waals surface area contributed by atoms with Crippen molar-refractivity contribution in [2.75, 3.05) is 26.7 Å². The summed E-state index contributed by atoms with van der Waals surface area (Å²) in [5, 5.41) is 2.43. The first-order valence-corrected chi connectivity index (χ1v) is 7.00. The van der Waals surface area contributed by atoms with E-state index in [1.54, 1.807) is 0 Å². The van der Waals surface area contributed by atoms with Gasteiger partial charge < -0.3 is 15.0 Å². The standard InChI is InChI=1S/C15H17F3N2O3/c1-14(13(22)19-2)9-20(7-8-23-14)12(21)10-5-3-4-6-11(10)15(16,17)18/h3-6H,7-9H2,1-2H3,(H,19,22). The van der Waals surface area contributed by atoms with Crippen LogP contribution < -0.4 is 5.32 Å². The summed E-state index contributed by atoms with van der Waals surface area (Å²) in [6, 6.07) is 4.61. The van der Waals surface area contributed by atoms with E-state index < -0.39 is 34.7 Å². The van der Waals surface area contributed by atoms with Crippen LogP contribution in [0.3, 0.4) is 0 Å². The molecule has 1 atom stereocenters. The number of morpholine rings is 1. The lowest BCUT2D eigenvalue weighted by atomic mass is 10.0. The number of benzene rings is 1. The maximum atomic E-state index is 13.1. The van der Waals surface area contributed by atoms with Crippen LogP contribution in [-0.4, -0.2) is 49.1 Å². The van der Waals surface area contributed by atoms with Crippen LogP contribution in [0, 0.1) is 0 Å². The molecule has 1 unspecified atom stereocenters. The Morgan fingerprint density at radius 1 is 1.30 bits per heavy atom. The molecule has 1 heterocycles. The van der Waals surface area contributed by atoms with E-state index in [-0.39, 0.29) is 19.7 Å². The van der Waals surface area contributed by atoms with Crippen LogP contribution in [0.1, 0.15) is 22.8 Å². The molecule has 0 spiro atoms. The highest BCUT2D eigenvalue weighted by molar-refractivity contribution is 5.96. The molecule has 126 valence electrons. The SMILES string of the molecule is CNC(=O)C1(C)CN(C(=O)c2ccccc2C(F)(F)F)CCO1. The summed E-state index contributed by atoms with van der Waals surface area (Å²) in [6.07, 6.45) is -4.62. The third-order valence-corrected chi connectivity index (χ3v) is 3.73. The molecule has 1 fully saturated rings. The van der Waals surface area contributed by atoms with Gasteiger partial charge in [0.15, 0.2) is 5.60 Å². The fourth-order valence-electron chi connectivity index (χ4n) is 2.53. The zero-order chi connectivity index (χ0) is 17.3. The maximum Gasteiger partial charge on any atom is 0.417 e. The summed E-state index contributed by atoms with van der Waals surface area (Å²) in [7, 11) is 1.43. The van der Waals surface area contributed by atoms with Gasteiger partial charge in [0.1, 0.15) is 0 Å². The number of carbonyl (C=O) groups excluding carboxylic acids is 2. The van der Waals surface area contributed by atoms with Gasteiger partial charge in [-0.2, -0.15) is 13.2 Å². The second-order valence-corrected chi connectivity index (χ2v) is 5.43. The summed E-state index contributed by atoms with van der Waals surface area (Å²) >= 11 is 0. The molecular weight excluding hydrogens is 313 g/mol. The molecule has 0 aliphatic carbocycles. The van der Waals surface area contributed by atoms with Crippen molar-refractivity contribution < 1.29 is 27.5 Å². The first kappa shape index (κ1) is 17.3. The molecule has 8 heteroatoms. The van der Waals surface area contributed by atoms with Gasteiger partial charge in [-0.1, -0.05) is 12.1 Å². The fourth-order valence-corrected chi connectivity index (χ4v) is 2.53. The number of ether oxygens (including phenoxy) is 1. The molecular formula is C15H17F3N2O3. The third kappa shape index (κ3) is 3.47. The lowest BCUT2D eigenvalue weighted by molar-refractivity contribution is -0.153. The number of hydrogen-bond donors (Lipinski definition) is 1. The van der Waals surface area contributed by atoms with E-state index in [0.29, 0.717) is 0 Å². The molecule has 1 aliphatic heterocycles. The number of nitrogens with one attached hydrogen (secondary N) is 1. The van der Waals surface area contributed by atoms with E-state index in [1.807, 2.05) is 0 Å². The van der Waals surface area contributed by atoms with E-state index in [1.165, 1.54) is 31.0 Å². The summed E-state index contributed by atoms with van der Waals surface area (Å²) in [5.41, 5.74) is -2.70. The van der Waals surface area contributed by atoms with Crippen LogP contribution in [0.5, 0.6) is 0 Å². The number of carbonyl (C=O) groups is 2. The minimum absolute atomic E-state index is 0.0733. The van der Waals surface area contributed by atoms with Gasteiger partial charge in [-0.3, -0.25) is 9.59 Å². The zero-order valence-electron chi connectivity index (χ0n) is 12.7. The van der Waals surface area contributed by atoms with Gasteiger partial charge >= 0.3 is 6.18 Å². The van der Waals surface area contributed by atoms with Gasteiger partial charge in [0.2, 0.25) is 0 Å². The highest BCUT2D eigenvalue weighted by Gasteiger charge is 2.42. The predicted molar refractivity (Wildman–Crippen MR) is 75.8 cm³/mol. The molecule has 1 saturated heterocycles. The fraction of sp³-hybridized carbons (Fsp3) is 0.467. The maximum absolute atomic E-state index is 13.1. The van der Waals surface area contributed by atoms with Gasteiger partial charge in [0, 0.05) is 13.6 Å². The number of likely N-dealkylation sites (N-methyl/N-ethyl adjacent to an activating group) is 1. The second-order valence-electron chi connectivity index (χ2n) is 5.43. The third-order valence-electron chi connectivity index (χ3n) is 3.73. The van der Waals surface area contributed by atoms with Crippen molar-refractivity contribution >= 4 is 11.8 Å². The predicted octanol–water partition coefficient (Wildman–Crippen LogP) is 1.68. The molecule has 0 bridgehead atoms. The lowest BCUT2D eigenvalue weighted by Gasteiger charge is -2.39. The number of alkyl halides is 3. The molecule has 1 aliphatic rings. The molecule has 1 aromatic carbocycles. The summed E-state index contributed by atoms with van der Waals surface area (Å²) < 4.78 is 44.6. The topological polar surface area (TPSA) is 58.6 Å². The van der Waals surface area contributed by atoms with E-state index in [4.69, 9.17) is 4.74 Å². The van der Waals surface area contributed by atoms with Crippen molar-refractivity contribution in [2.24, 2.45) is 0 Å². The van der Waals surface area contributed by atoms with Crippen LogP contribution in [0.25, 0.3) is 0 Å². The quantitative estimate of drug-likeness (QED) is 0.898. The van der Waals surface area contributed by atoms with Crippen molar-refractivity contribution in [3.05, 3.63) is 35.4 Å². The van der Waals surface area contributed by atoms with Gasteiger partial charge in [-0.25, -0.2) is 0 Å². The zero-order valence-corrected chi connectivity index (χ0v) is 12.7. The number of halogens is 3.